The second-order valence-corrected chi connectivity index (χ2v) is 5.02. The van der Waals surface area contributed by atoms with Crippen LogP contribution in [0.15, 0.2) is 30.5 Å². The maximum Gasteiger partial charge on any atom is 0.269 e. The van der Waals surface area contributed by atoms with Crippen molar-refractivity contribution in [1.29, 1.82) is 0 Å². The highest BCUT2D eigenvalue weighted by Crippen LogP contribution is 2.15. The van der Waals surface area contributed by atoms with Crippen LogP contribution in [0.1, 0.15) is 27.8 Å². The Bertz CT molecular complexity index is 736. The monoisotopic (exact) mass is 317 g/mol. The number of aryl methyl sites for hydroxylation is 1. The molecule has 0 aliphatic carbocycles. The maximum atomic E-state index is 11.4. The summed E-state index contributed by atoms with van der Waals surface area (Å²) in [5.41, 5.74) is 7.29. The van der Waals surface area contributed by atoms with Crippen LogP contribution in [0, 0.1) is 0 Å². The number of primary amides is 1. The molecule has 1 amide bonds. The van der Waals surface area contributed by atoms with E-state index >= 15 is 0 Å². The Morgan fingerprint density at radius 2 is 1.86 bits per heavy atom. The zero-order valence-corrected chi connectivity index (χ0v) is 12.9. The first kappa shape index (κ1) is 15.6. The van der Waals surface area contributed by atoms with Crippen LogP contribution in [0.5, 0.6) is 0 Å². The van der Waals surface area contributed by atoms with Crippen molar-refractivity contribution in [2.75, 3.05) is 10.6 Å². The molecule has 1 heterocycles. The topological polar surface area (TPSA) is 102 Å². The summed E-state index contributed by atoms with van der Waals surface area (Å²) in [6.07, 6.45) is 1.47. The van der Waals surface area contributed by atoms with Gasteiger partial charge in [-0.15, -0.1) is 0 Å². The Kier molecular flexibility index (Phi) is 4.52. The van der Waals surface area contributed by atoms with Gasteiger partial charge in [-0.25, -0.2) is 0 Å². The van der Waals surface area contributed by atoms with Crippen LogP contribution in [0.4, 0.5) is 11.4 Å². The number of carbonyl (C=O) groups excluding carboxylic acids is 2. The second-order valence-electron chi connectivity index (χ2n) is 4.61. The van der Waals surface area contributed by atoms with Crippen LogP contribution in [0.2, 0.25) is 0 Å². The first-order valence-electron chi connectivity index (χ1n) is 6.39. The van der Waals surface area contributed by atoms with Gasteiger partial charge in [0, 0.05) is 18.3 Å². The van der Waals surface area contributed by atoms with E-state index in [0.29, 0.717) is 16.9 Å². The molecule has 0 spiro atoms. The van der Waals surface area contributed by atoms with Gasteiger partial charge in [0.25, 0.3) is 5.91 Å². The number of ketones is 1. The number of Topliss-reactive ketones (excluding diaryl/α,β-unsaturated/α-hetero) is 1. The molecule has 1 aromatic carbocycles. The number of hydrogen-bond acceptors (Lipinski definition) is 4. The molecule has 8 heteroatoms. The van der Waals surface area contributed by atoms with Gasteiger partial charge < -0.3 is 16.4 Å². The third kappa shape index (κ3) is 3.47. The number of thiocarbonyl (C=S) groups is 1. The number of carbonyl (C=O) groups is 2. The lowest BCUT2D eigenvalue weighted by atomic mass is 10.1. The van der Waals surface area contributed by atoms with Crippen molar-refractivity contribution < 1.29 is 9.59 Å². The predicted octanol–water partition coefficient (Wildman–Crippen LogP) is 1.53. The van der Waals surface area contributed by atoms with Gasteiger partial charge in [0.15, 0.2) is 10.9 Å². The van der Waals surface area contributed by atoms with Crippen molar-refractivity contribution in [3.63, 3.8) is 0 Å². The SMILES string of the molecule is CC(=O)c1ccc(NC(=S)Nc2cnn(C)c2C(N)=O)cc1. The molecule has 0 atom stereocenters. The van der Waals surface area contributed by atoms with Gasteiger partial charge in [-0.2, -0.15) is 5.10 Å². The number of nitrogens with one attached hydrogen (secondary N) is 2. The lowest BCUT2D eigenvalue weighted by Crippen LogP contribution is -2.23. The molecule has 0 aliphatic rings. The highest BCUT2D eigenvalue weighted by molar-refractivity contribution is 7.80. The largest absolute Gasteiger partial charge is 0.364 e. The molecule has 0 bridgehead atoms. The van der Waals surface area contributed by atoms with Crippen molar-refractivity contribution in [1.82, 2.24) is 9.78 Å². The molecule has 7 nitrogen and oxygen atoms in total. The molecule has 0 saturated heterocycles. The highest BCUT2D eigenvalue weighted by atomic mass is 32.1. The van der Waals surface area contributed by atoms with E-state index in [1.165, 1.54) is 17.8 Å². The summed E-state index contributed by atoms with van der Waals surface area (Å²) >= 11 is 5.18. The van der Waals surface area contributed by atoms with Crippen LogP contribution in [0.3, 0.4) is 0 Å². The molecule has 2 rings (SSSR count). The fourth-order valence-corrected chi connectivity index (χ4v) is 2.12. The molecule has 2 aromatic rings. The number of nitrogens with zero attached hydrogens (tertiary/aromatic N) is 2. The second kappa shape index (κ2) is 6.35. The Hall–Kier alpha value is -2.74. The Balaban J connectivity index is 2.07. The highest BCUT2D eigenvalue weighted by Gasteiger charge is 2.14. The Morgan fingerprint density at radius 1 is 1.23 bits per heavy atom. The molecule has 0 radical (unpaired) electrons. The van der Waals surface area contributed by atoms with E-state index in [1.807, 2.05) is 0 Å². The summed E-state index contributed by atoms with van der Waals surface area (Å²) in [6.45, 7) is 1.50. The van der Waals surface area contributed by atoms with Gasteiger partial charge >= 0.3 is 0 Å². The molecule has 0 saturated carbocycles. The van der Waals surface area contributed by atoms with Crippen molar-refractivity contribution in [2.24, 2.45) is 12.8 Å². The molecule has 1 aromatic heterocycles. The van der Waals surface area contributed by atoms with Crippen molar-refractivity contribution in [2.45, 2.75) is 6.92 Å². The average Bonchev–Trinajstić information content (AvgIpc) is 2.80. The van der Waals surface area contributed by atoms with Gasteiger partial charge in [-0.05, 0) is 43.4 Å². The average molecular weight is 317 g/mol. The quantitative estimate of drug-likeness (QED) is 0.584. The fraction of sp³-hybridized carbons (Fsp3) is 0.143. The van der Waals surface area contributed by atoms with Crippen LogP contribution in [-0.4, -0.2) is 26.6 Å². The van der Waals surface area contributed by atoms with Crippen LogP contribution in [0.25, 0.3) is 0 Å². The summed E-state index contributed by atoms with van der Waals surface area (Å²) in [4.78, 5) is 22.6. The maximum absolute atomic E-state index is 11.4. The summed E-state index contributed by atoms with van der Waals surface area (Å²) in [7, 11) is 1.61. The molecular formula is C14H15N5O2S. The van der Waals surface area contributed by atoms with E-state index in [1.54, 1.807) is 31.3 Å². The Labute approximate surface area is 132 Å². The molecular weight excluding hydrogens is 302 g/mol. The Morgan fingerprint density at radius 3 is 2.41 bits per heavy atom. The zero-order chi connectivity index (χ0) is 16.3. The number of amides is 1. The first-order chi connectivity index (χ1) is 10.4. The lowest BCUT2D eigenvalue weighted by molar-refractivity contribution is 0.0989. The number of nitrogens with two attached hydrogens (primary N) is 1. The molecule has 0 aliphatic heterocycles. The van der Waals surface area contributed by atoms with E-state index in [2.05, 4.69) is 15.7 Å². The third-order valence-electron chi connectivity index (χ3n) is 2.97. The van der Waals surface area contributed by atoms with Crippen molar-refractivity contribution >= 4 is 40.4 Å². The predicted molar refractivity (Wildman–Crippen MR) is 88.0 cm³/mol. The number of hydrogen-bond donors (Lipinski definition) is 3. The summed E-state index contributed by atoms with van der Waals surface area (Å²) in [5, 5.41) is 10.1. The number of rotatable bonds is 4. The number of anilines is 2. The van der Waals surface area contributed by atoms with Crippen LogP contribution in [-0.2, 0) is 7.05 Å². The third-order valence-corrected chi connectivity index (χ3v) is 3.17. The van der Waals surface area contributed by atoms with Gasteiger partial charge in [0.1, 0.15) is 5.69 Å². The summed E-state index contributed by atoms with van der Waals surface area (Å²) < 4.78 is 1.37. The van der Waals surface area contributed by atoms with E-state index in [-0.39, 0.29) is 16.6 Å². The molecule has 22 heavy (non-hydrogen) atoms. The van der Waals surface area contributed by atoms with Gasteiger partial charge in [0.2, 0.25) is 0 Å². The van der Waals surface area contributed by atoms with Crippen molar-refractivity contribution in [3.05, 3.63) is 41.7 Å². The van der Waals surface area contributed by atoms with Crippen LogP contribution < -0.4 is 16.4 Å². The molecule has 0 fully saturated rings. The minimum atomic E-state index is -0.601. The minimum Gasteiger partial charge on any atom is -0.364 e. The van der Waals surface area contributed by atoms with Gasteiger partial charge in [0.05, 0.1) is 11.9 Å². The fourth-order valence-electron chi connectivity index (χ4n) is 1.89. The lowest BCUT2D eigenvalue weighted by Gasteiger charge is -2.10. The van der Waals surface area contributed by atoms with Crippen molar-refractivity contribution in [3.8, 4) is 0 Å². The first-order valence-corrected chi connectivity index (χ1v) is 6.80. The van der Waals surface area contributed by atoms with E-state index in [9.17, 15) is 9.59 Å². The number of aromatic nitrogens is 2. The van der Waals surface area contributed by atoms with E-state index in [0.717, 1.165) is 0 Å². The van der Waals surface area contributed by atoms with Crippen LogP contribution >= 0.6 is 12.2 Å². The van der Waals surface area contributed by atoms with Gasteiger partial charge in [-0.1, -0.05) is 0 Å². The van der Waals surface area contributed by atoms with E-state index in [4.69, 9.17) is 18.0 Å². The molecule has 114 valence electrons. The van der Waals surface area contributed by atoms with E-state index < -0.39 is 5.91 Å². The molecule has 0 unspecified atom stereocenters. The van der Waals surface area contributed by atoms with Gasteiger partial charge in [-0.3, -0.25) is 14.3 Å². The molecule has 4 N–H and O–H groups in total. The summed E-state index contributed by atoms with van der Waals surface area (Å²) in [6, 6.07) is 6.88. The summed E-state index contributed by atoms with van der Waals surface area (Å²) in [5.74, 6) is -0.607. The normalized spacial score (nSPS) is 10.1. The smallest absolute Gasteiger partial charge is 0.269 e. The zero-order valence-electron chi connectivity index (χ0n) is 12.1. The number of benzene rings is 1. The standard InChI is InChI=1S/C14H15N5O2S/c1-8(20)9-3-5-10(6-4-9)17-14(22)18-11-7-16-19(2)12(11)13(15)21/h3-7H,1-2H3,(H2,15,21)(H2,17,18,22). The minimum absolute atomic E-state index is 0.00582.